The number of anilines is 1. The van der Waals surface area contributed by atoms with Crippen LogP contribution in [-0.2, 0) is 4.74 Å². The number of hydrogen-bond donors (Lipinski definition) is 5. The number of carbonyl (C=O) groups is 1. The van der Waals surface area contributed by atoms with Crippen molar-refractivity contribution in [3.63, 3.8) is 0 Å². The first-order valence-corrected chi connectivity index (χ1v) is 13.2. The molecule has 3 heterocycles. The van der Waals surface area contributed by atoms with Gasteiger partial charge in [0.15, 0.2) is 0 Å². The molecule has 5 rings (SSSR count). The second-order valence-electron chi connectivity index (χ2n) is 9.53. The summed E-state index contributed by atoms with van der Waals surface area (Å²) in [7, 11) is 0. The van der Waals surface area contributed by atoms with Crippen molar-refractivity contribution in [2.24, 2.45) is 0 Å². The Balaban J connectivity index is 1.34. The van der Waals surface area contributed by atoms with E-state index in [0.717, 1.165) is 38.4 Å². The number of benzene rings is 2. The predicted molar refractivity (Wildman–Crippen MR) is 151 cm³/mol. The summed E-state index contributed by atoms with van der Waals surface area (Å²) in [6.07, 6.45) is 0.700. The number of nitrogens with one attached hydrogen (secondary N) is 4. The third-order valence-corrected chi connectivity index (χ3v) is 7.01. The number of rotatable bonds is 9. The monoisotopic (exact) mass is 550 g/mol. The maximum atomic E-state index is 12.9. The van der Waals surface area contributed by atoms with Crippen molar-refractivity contribution in [2.45, 2.75) is 13.0 Å². The van der Waals surface area contributed by atoms with Gasteiger partial charge in [0.2, 0.25) is 0 Å². The molecule has 5 N–H and O–H groups in total. The first-order valence-electron chi connectivity index (χ1n) is 12.9. The van der Waals surface area contributed by atoms with E-state index in [1.54, 1.807) is 42.5 Å². The molecule has 1 amide bonds. The number of hydrogen-bond acceptors (Lipinski definition) is 7. The lowest BCUT2D eigenvalue weighted by atomic mass is 10.1. The van der Waals surface area contributed by atoms with Crippen LogP contribution in [0.4, 0.5) is 5.69 Å². The molecule has 10 nitrogen and oxygen atoms in total. The van der Waals surface area contributed by atoms with Crippen LogP contribution in [-0.4, -0.2) is 76.8 Å². The number of aryl methyl sites for hydroxylation is 1. The standard InChI is InChI=1S/C28H31ClN6O4/c1-17-13-19(27(37)31-7-8-35-9-11-39-12-10-35)15-22-25(17)34-26(33-22)24-21(5-6-30-28(24)38)32-16-23(36)18-3-2-4-20(29)14-18/h2-6,13-15,23,36H,7-12,16H2,1H3,(H,31,37)(H,33,34)(H2,30,32,38). The third kappa shape index (κ3) is 6.31. The molecule has 1 saturated heterocycles. The molecule has 0 aliphatic carbocycles. The van der Waals surface area contributed by atoms with Gasteiger partial charge in [0.1, 0.15) is 11.4 Å². The van der Waals surface area contributed by atoms with Gasteiger partial charge in [0.25, 0.3) is 11.5 Å². The minimum Gasteiger partial charge on any atom is -0.387 e. The molecule has 0 spiro atoms. The van der Waals surface area contributed by atoms with Crippen LogP contribution < -0.4 is 16.2 Å². The van der Waals surface area contributed by atoms with Gasteiger partial charge in [0, 0.05) is 49.5 Å². The summed E-state index contributed by atoms with van der Waals surface area (Å²) in [4.78, 5) is 38.6. The number of halogens is 1. The van der Waals surface area contributed by atoms with Crippen molar-refractivity contribution in [2.75, 3.05) is 51.3 Å². The smallest absolute Gasteiger partial charge is 0.261 e. The second kappa shape index (κ2) is 12.0. The Hall–Kier alpha value is -3.70. The number of H-pyrrole nitrogens is 2. The zero-order valence-corrected chi connectivity index (χ0v) is 22.3. The van der Waals surface area contributed by atoms with Crippen molar-refractivity contribution in [3.8, 4) is 11.4 Å². The molecule has 1 atom stereocenters. The van der Waals surface area contributed by atoms with Gasteiger partial charge in [-0.25, -0.2) is 4.98 Å². The van der Waals surface area contributed by atoms with Gasteiger partial charge in [-0.3, -0.25) is 14.5 Å². The number of pyridine rings is 1. The summed E-state index contributed by atoms with van der Waals surface area (Å²) in [6, 6.07) is 12.3. The molecule has 2 aromatic heterocycles. The topological polar surface area (TPSA) is 135 Å². The molecule has 39 heavy (non-hydrogen) atoms. The van der Waals surface area contributed by atoms with Crippen LogP contribution in [0.1, 0.15) is 27.6 Å². The quantitative estimate of drug-likeness (QED) is 0.216. The number of nitrogens with zero attached hydrogens (tertiary/aromatic N) is 2. The highest BCUT2D eigenvalue weighted by Crippen LogP contribution is 2.27. The maximum absolute atomic E-state index is 12.9. The molecule has 1 aliphatic heterocycles. The molecular weight excluding hydrogens is 520 g/mol. The minimum atomic E-state index is -0.835. The SMILES string of the molecule is Cc1cc(C(=O)NCCN2CCOCC2)cc2[nH]c(-c3c(NCC(O)c4cccc(Cl)c4)cc[nH]c3=O)nc12. The molecule has 11 heteroatoms. The van der Waals surface area contributed by atoms with Crippen molar-refractivity contribution < 1.29 is 14.6 Å². The Kier molecular flexibility index (Phi) is 8.27. The second-order valence-corrected chi connectivity index (χ2v) is 9.97. The van der Waals surface area contributed by atoms with Crippen LogP contribution in [0.25, 0.3) is 22.4 Å². The van der Waals surface area contributed by atoms with Crippen LogP contribution >= 0.6 is 11.6 Å². The number of imidazole rings is 1. The number of fused-ring (bicyclic) bond motifs is 1. The van der Waals surface area contributed by atoms with E-state index in [9.17, 15) is 14.7 Å². The van der Waals surface area contributed by atoms with Gasteiger partial charge >= 0.3 is 0 Å². The first kappa shape index (κ1) is 26.9. The normalized spacial score (nSPS) is 14.8. The predicted octanol–water partition coefficient (Wildman–Crippen LogP) is 3.09. The van der Waals surface area contributed by atoms with Gasteiger partial charge in [0.05, 0.1) is 36.0 Å². The molecular formula is C28H31ClN6O4. The van der Waals surface area contributed by atoms with E-state index in [1.807, 2.05) is 6.92 Å². The molecule has 4 aromatic rings. The fourth-order valence-corrected chi connectivity index (χ4v) is 4.89. The van der Waals surface area contributed by atoms with E-state index < -0.39 is 6.10 Å². The summed E-state index contributed by atoms with van der Waals surface area (Å²) in [6.45, 7) is 6.52. The van der Waals surface area contributed by atoms with Crippen LogP contribution in [0, 0.1) is 6.92 Å². The Morgan fingerprint density at radius 1 is 1.23 bits per heavy atom. The van der Waals surface area contributed by atoms with Crippen molar-refractivity contribution >= 4 is 34.2 Å². The Morgan fingerprint density at radius 3 is 2.85 bits per heavy atom. The highest BCUT2D eigenvalue weighted by atomic mass is 35.5. The number of aliphatic hydroxyl groups is 1. The Morgan fingerprint density at radius 2 is 2.05 bits per heavy atom. The highest BCUT2D eigenvalue weighted by molar-refractivity contribution is 6.30. The summed E-state index contributed by atoms with van der Waals surface area (Å²) >= 11 is 6.05. The van der Waals surface area contributed by atoms with E-state index >= 15 is 0 Å². The molecule has 204 valence electrons. The van der Waals surface area contributed by atoms with Crippen molar-refractivity contribution in [1.29, 1.82) is 0 Å². The van der Waals surface area contributed by atoms with Crippen LogP contribution in [0.3, 0.4) is 0 Å². The largest absolute Gasteiger partial charge is 0.387 e. The molecule has 2 aromatic carbocycles. The molecule has 1 aliphatic rings. The number of aromatic nitrogens is 3. The lowest BCUT2D eigenvalue weighted by Crippen LogP contribution is -2.41. The summed E-state index contributed by atoms with van der Waals surface area (Å²) in [5.41, 5.74) is 3.79. The van der Waals surface area contributed by atoms with E-state index in [1.165, 1.54) is 6.20 Å². The molecule has 0 radical (unpaired) electrons. The number of carbonyl (C=O) groups excluding carboxylic acids is 1. The number of ether oxygens (including phenoxy) is 1. The highest BCUT2D eigenvalue weighted by Gasteiger charge is 2.18. The number of aliphatic hydroxyl groups excluding tert-OH is 1. The first-order chi connectivity index (χ1) is 18.9. The fraction of sp³-hybridized carbons (Fsp3) is 0.321. The van der Waals surface area contributed by atoms with E-state index in [-0.39, 0.29) is 18.0 Å². The van der Waals surface area contributed by atoms with Gasteiger partial charge in [-0.05, 0) is 48.4 Å². The number of aromatic amines is 2. The minimum absolute atomic E-state index is 0.158. The average molecular weight is 551 g/mol. The fourth-order valence-electron chi connectivity index (χ4n) is 4.69. The van der Waals surface area contributed by atoms with E-state index in [4.69, 9.17) is 16.3 Å². The Bertz CT molecular complexity index is 1530. The van der Waals surface area contributed by atoms with Crippen LogP contribution in [0.5, 0.6) is 0 Å². The summed E-state index contributed by atoms with van der Waals surface area (Å²) in [5.74, 6) is 0.193. The summed E-state index contributed by atoms with van der Waals surface area (Å²) < 4.78 is 5.37. The average Bonchev–Trinajstić information content (AvgIpc) is 3.36. The van der Waals surface area contributed by atoms with Crippen molar-refractivity contribution in [3.05, 3.63) is 80.7 Å². The van der Waals surface area contributed by atoms with Gasteiger partial charge < -0.3 is 30.4 Å². The molecule has 0 bridgehead atoms. The molecule has 1 unspecified atom stereocenters. The zero-order valence-electron chi connectivity index (χ0n) is 21.6. The van der Waals surface area contributed by atoms with Crippen LogP contribution in [0.2, 0.25) is 5.02 Å². The third-order valence-electron chi connectivity index (χ3n) is 6.77. The zero-order chi connectivity index (χ0) is 27.4. The van der Waals surface area contributed by atoms with Gasteiger partial charge in [-0.15, -0.1) is 0 Å². The maximum Gasteiger partial charge on any atom is 0.261 e. The van der Waals surface area contributed by atoms with E-state index in [2.05, 4.69) is 30.5 Å². The molecule has 1 fully saturated rings. The lowest BCUT2D eigenvalue weighted by Gasteiger charge is -2.26. The lowest BCUT2D eigenvalue weighted by molar-refractivity contribution is 0.0383. The Labute approximate surface area is 230 Å². The number of amides is 1. The number of morpholine rings is 1. The summed E-state index contributed by atoms with van der Waals surface area (Å²) in [5, 5.41) is 17.3. The van der Waals surface area contributed by atoms with Gasteiger partial charge in [-0.2, -0.15) is 0 Å². The van der Waals surface area contributed by atoms with Crippen LogP contribution in [0.15, 0.2) is 53.5 Å². The van der Waals surface area contributed by atoms with E-state index in [0.29, 0.717) is 50.8 Å². The van der Waals surface area contributed by atoms with Crippen molar-refractivity contribution in [1.82, 2.24) is 25.2 Å². The van der Waals surface area contributed by atoms with Gasteiger partial charge in [-0.1, -0.05) is 23.7 Å². The molecule has 0 saturated carbocycles.